The number of Topliss-reactive ketones (excluding diaryl/α,β-unsaturated/α-hetero) is 1. The maximum Gasteiger partial charge on any atom is 0.185 e. The third-order valence-corrected chi connectivity index (χ3v) is 3.69. The Hall–Kier alpha value is -1.40. The third-order valence-electron chi connectivity index (χ3n) is 3.69. The second-order valence-corrected chi connectivity index (χ2v) is 5.57. The zero-order valence-corrected chi connectivity index (χ0v) is 12.6. The fourth-order valence-corrected chi connectivity index (χ4v) is 2.51. The van der Waals surface area contributed by atoms with Gasteiger partial charge in [0.25, 0.3) is 0 Å². The fraction of sp³-hybridized carbons (Fsp3) is 0.714. The van der Waals surface area contributed by atoms with Gasteiger partial charge in [-0.05, 0) is 39.5 Å². The maximum atomic E-state index is 12.5. The predicted molar refractivity (Wildman–Crippen MR) is 77.3 cm³/mol. The van der Waals surface area contributed by atoms with E-state index in [4.69, 9.17) is 4.74 Å². The van der Waals surface area contributed by atoms with E-state index in [2.05, 4.69) is 15.3 Å². The van der Waals surface area contributed by atoms with Gasteiger partial charge in [0.15, 0.2) is 11.5 Å². The summed E-state index contributed by atoms with van der Waals surface area (Å²) in [6, 6.07) is 0. The lowest BCUT2D eigenvalue weighted by atomic mass is 10.00. The Balaban J connectivity index is 2.10. The van der Waals surface area contributed by atoms with Crippen LogP contribution < -0.4 is 10.1 Å². The molecule has 112 valence electrons. The first-order chi connectivity index (χ1) is 9.61. The van der Waals surface area contributed by atoms with Gasteiger partial charge in [-0.1, -0.05) is 0 Å². The van der Waals surface area contributed by atoms with Crippen LogP contribution in [0.25, 0.3) is 0 Å². The van der Waals surface area contributed by atoms with Crippen molar-refractivity contribution < 1.29 is 9.53 Å². The molecule has 0 radical (unpaired) electrons. The topological polar surface area (TPSA) is 59.4 Å². The van der Waals surface area contributed by atoms with Gasteiger partial charge in [-0.3, -0.25) is 9.48 Å². The van der Waals surface area contributed by atoms with E-state index in [1.54, 1.807) is 18.0 Å². The second kappa shape index (κ2) is 6.85. The van der Waals surface area contributed by atoms with Crippen LogP contribution >= 0.6 is 0 Å². The Bertz CT molecular complexity index is 450. The minimum Gasteiger partial charge on any atom is -0.493 e. The molecule has 20 heavy (non-hydrogen) atoms. The molecule has 2 heterocycles. The van der Waals surface area contributed by atoms with Crippen molar-refractivity contribution in [2.45, 2.75) is 19.4 Å². The van der Waals surface area contributed by atoms with Gasteiger partial charge >= 0.3 is 0 Å². The highest BCUT2D eigenvalue weighted by Gasteiger charge is 2.24. The molecule has 0 saturated carbocycles. The Morgan fingerprint density at radius 3 is 3.00 bits per heavy atom. The number of nitrogens with one attached hydrogen (secondary N) is 1. The summed E-state index contributed by atoms with van der Waals surface area (Å²) < 4.78 is 7.05. The van der Waals surface area contributed by atoms with E-state index >= 15 is 0 Å². The number of nitrogens with zero attached hydrogens (tertiary/aromatic N) is 3. The van der Waals surface area contributed by atoms with E-state index < -0.39 is 0 Å². The first-order valence-electron chi connectivity index (χ1n) is 7.10. The molecule has 1 aromatic rings. The van der Waals surface area contributed by atoms with E-state index in [-0.39, 0.29) is 5.78 Å². The van der Waals surface area contributed by atoms with Gasteiger partial charge in [0.1, 0.15) is 5.69 Å². The van der Waals surface area contributed by atoms with Crippen molar-refractivity contribution in [3.05, 3.63) is 11.9 Å². The lowest BCUT2D eigenvalue weighted by Gasteiger charge is -2.13. The second-order valence-electron chi connectivity index (χ2n) is 5.57. The number of carbonyl (C=O) groups is 1. The zero-order valence-electron chi connectivity index (χ0n) is 12.6. The zero-order chi connectivity index (χ0) is 14.5. The highest BCUT2D eigenvalue weighted by Crippen LogP contribution is 2.23. The van der Waals surface area contributed by atoms with Crippen molar-refractivity contribution in [2.75, 3.05) is 40.8 Å². The molecule has 1 saturated heterocycles. The Morgan fingerprint density at radius 2 is 2.40 bits per heavy atom. The predicted octanol–water partition coefficient (Wildman–Crippen LogP) is 0.636. The maximum absolute atomic E-state index is 12.5. The number of ether oxygens (including phenoxy) is 1. The van der Waals surface area contributed by atoms with Crippen molar-refractivity contribution in [3.8, 4) is 5.75 Å². The number of aromatic nitrogens is 2. The summed E-state index contributed by atoms with van der Waals surface area (Å²) in [6.45, 7) is 3.48. The molecule has 1 N–H and O–H groups in total. The van der Waals surface area contributed by atoms with Crippen LogP contribution in [0.4, 0.5) is 0 Å². The normalized spacial score (nSPS) is 18.7. The smallest absolute Gasteiger partial charge is 0.185 e. The number of carbonyl (C=O) groups excluding carboxylic acids is 1. The highest BCUT2D eigenvalue weighted by atomic mass is 16.5. The first-order valence-corrected chi connectivity index (χ1v) is 7.10. The van der Waals surface area contributed by atoms with Crippen molar-refractivity contribution in [3.63, 3.8) is 0 Å². The van der Waals surface area contributed by atoms with Gasteiger partial charge in [-0.2, -0.15) is 5.10 Å². The van der Waals surface area contributed by atoms with Crippen LogP contribution in [0.2, 0.25) is 0 Å². The van der Waals surface area contributed by atoms with Crippen molar-refractivity contribution in [1.82, 2.24) is 20.0 Å². The summed E-state index contributed by atoms with van der Waals surface area (Å²) in [5.41, 5.74) is 0.612. The molecule has 6 nitrogen and oxygen atoms in total. The summed E-state index contributed by atoms with van der Waals surface area (Å²) in [5.74, 6) is 1.15. The minimum atomic E-state index is 0.131. The molecule has 1 aliphatic heterocycles. The van der Waals surface area contributed by atoms with Crippen molar-refractivity contribution in [1.29, 1.82) is 0 Å². The lowest BCUT2D eigenvalue weighted by molar-refractivity contribution is 0.0950. The molecule has 1 unspecified atom stereocenters. The molecule has 0 amide bonds. The van der Waals surface area contributed by atoms with Gasteiger partial charge in [-0.25, -0.2) is 0 Å². The van der Waals surface area contributed by atoms with E-state index in [0.717, 1.165) is 26.1 Å². The summed E-state index contributed by atoms with van der Waals surface area (Å²) in [5, 5.41) is 7.58. The fourth-order valence-electron chi connectivity index (χ4n) is 2.51. The Labute approximate surface area is 120 Å². The molecule has 1 aromatic heterocycles. The van der Waals surface area contributed by atoms with Crippen molar-refractivity contribution >= 4 is 5.78 Å². The van der Waals surface area contributed by atoms with Gasteiger partial charge in [0.2, 0.25) is 0 Å². The van der Waals surface area contributed by atoms with Gasteiger partial charge in [0.05, 0.1) is 19.9 Å². The standard InChI is InChI=1S/C14H24N4O2/c1-17(2)6-7-18-14(13(20-3)10-16-18)12(19)8-11-4-5-15-9-11/h10-11,15H,4-9H2,1-3H3. The number of hydrogen-bond donors (Lipinski definition) is 1. The number of rotatable bonds is 7. The van der Waals surface area contributed by atoms with Crippen LogP contribution in [0.5, 0.6) is 5.75 Å². The SMILES string of the molecule is COc1cnn(CCN(C)C)c1C(=O)CC1CCNC1. The Kier molecular flexibility index (Phi) is 5.14. The molecule has 0 aliphatic carbocycles. The summed E-state index contributed by atoms with van der Waals surface area (Å²) >= 11 is 0. The van der Waals surface area contributed by atoms with E-state index in [1.807, 2.05) is 14.1 Å². The van der Waals surface area contributed by atoms with Crippen LogP contribution in [0.15, 0.2) is 6.20 Å². The molecule has 0 spiro atoms. The van der Waals surface area contributed by atoms with Gasteiger partial charge in [0, 0.05) is 13.0 Å². The summed E-state index contributed by atoms with van der Waals surface area (Å²) in [7, 11) is 5.60. The molecule has 0 bridgehead atoms. The highest BCUT2D eigenvalue weighted by molar-refractivity contribution is 5.97. The van der Waals surface area contributed by atoms with Crippen LogP contribution in [0.1, 0.15) is 23.3 Å². The lowest BCUT2D eigenvalue weighted by Crippen LogP contribution is -2.22. The molecule has 1 atom stereocenters. The van der Waals surface area contributed by atoms with Crippen LogP contribution in [0.3, 0.4) is 0 Å². The van der Waals surface area contributed by atoms with Crippen LogP contribution in [0, 0.1) is 5.92 Å². The summed E-state index contributed by atoms with van der Waals surface area (Å²) in [6.07, 6.45) is 3.27. The van der Waals surface area contributed by atoms with Gasteiger partial charge < -0.3 is 15.0 Å². The molecular weight excluding hydrogens is 256 g/mol. The largest absolute Gasteiger partial charge is 0.493 e. The van der Waals surface area contributed by atoms with Gasteiger partial charge in [-0.15, -0.1) is 0 Å². The monoisotopic (exact) mass is 280 g/mol. The van der Waals surface area contributed by atoms with E-state index in [1.165, 1.54) is 0 Å². The average Bonchev–Trinajstić information content (AvgIpc) is 3.04. The summed E-state index contributed by atoms with van der Waals surface area (Å²) in [4.78, 5) is 14.6. The molecule has 6 heteroatoms. The number of likely N-dealkylation sites (N-methyl/N-ethyl adjacent to an activating group) is 1. The molecule has 0 aromatic carbocycles. The molecule has 1 aliphatic rings. The van der Waals surface area contributed by atoms with Crippen LogP contribution in [-0.2, 0) is 6.54 Å². The number of ketones is 1. The van der Waals surface area contributed by atoms with E-state index in [0.29, 0.717) is 30.3 Å². The van der Waals surface area contributed by atoms with Crippen molar-refractivity contribution in [2.24, 2.45) is 5.92 Å². The molecular formula is C14H24N4O2. The number of methoxy groups -OCH3 is 1. The number of hydrogen-bond acceptors (Lipinski definition) is 5. The molecule has 1 fully saturated rings. The quantitative estimate of drug-likeness (QED) is 0.743. The minimum absolute atomic E-state index is 0.131. The Morgan fingerprint density at radius 1 is 1.60 bits per heavy atom. The first kappa shape index (κ1) is 15.0. The molecule has 2 rings (SSSR count). The van der Waals surface area contributed by atoms with E-state index in [9.17, 15) is 4.79 Å². The van der Waals surface area contributed by atoms with Crippen LogP contribution in [-0.4, -0.2) is 61.3 Å². The third kappa shape index (κ3) is 3.58. The average molecular weight is 280 g/mol.